The second-order valence-electron chi connectivity index (χ2n) is 6.07. The molecule has 0 amide bonds. The number of nitrogens with one attached hydrogen (secondary N) is 1. The van der Waals surface area contributed by atoms with Crippen molar-refractivity contribution in [2.75, 3.05) is 18.0 Å². The molecule has 1 fully saturated rings. The molecule has 4 heteroatoms. The van der Waals surface area contributed by atoms with Crippen LogP contribution in [0.1, 0.15) is 44.9 Å². The first-order valence-electron chi connectivity index (χ1n) is 7.54. The summed E-state index contributed by atoms with van der Waals surface area (Å²) in [7, 11) is 2.08. The molecule has 1 heterocycles. The molecule has 2 rings (SSSR count). The van der Waals surface area contributed by atoms with Crippen molar-refractivity contribution in [3.05, 3.63) is 11.3 Å². The van der Waals surface area contributed by atoms with E-state index in [0.717, 1.165) is 31.4 Å². The summed E-state index contributed by atoms with van der Waals surface area (Å²) in [4.78, 5) is 2.58. The largest absolute Gasteiger partial charge is 0.353 e. The van der Waals surface area contributed by atoms with E-state index in [0.29, 0.717) is 5.92 Å². The molecular weight excluding hydrogens is 236 g/mol. The van der Waals surface area contributed by atoms with E-state index < -0.39 is 0 Å². The molecule has 0 aliphatic heterocycles. The van der Waals surface area contributed by atoms with Crippen molar-refractivity contribution in [2.24, 2.45) is 13.0 Å². The van der Waals surface area contributed by atoms with Crippen LogP contribution in [0.3, 0.4) is 0 Å². The molecule has 0 radical (unpaired) electrons. The summed E-state index contributed by atoms with van der Waals surface area (Å²) < 4.78 is 2.07. The third-order valence-corrected chi connectivity index (χ3v) is 3.69. The second kappa shape index (κ2) is 5.95. The van der Waals surface area contributed by atoms with E-state index in [1.165, 1.54) is 24.2 Å². The zero-order valence-electron chi connectivity index (χ0n) is 13.0. The van der Waals surface area contributed by atoms with Crippen LogP contribution in [0.4, 0.5) is 5.82 Å². The first-order chi connectivity index (χ1) is 9.04. The van der Waals surface area contributed by atoms with E-state index in [2.05, 4.69) is 54.7 Å². The Morgan fingerprint density at radius 2 is 2.11 bits per heavy atom. The van der Waals surface area contributed by atoms with Gasteiger partial charge in [0.05, 0.1) is 5.69 Å². The van der Waals surface area contributed by atoms with E-state index in [4.69, 9.17) is 0 Å². The number of rotatable bonds is 7. The molecule has 0 spiro atoms. The highest BCUT2D eigenvalue weighted by Gasteiger charge is 2.33. The van der Waals surface area contributed by atoms with Gasteiger partial charge in [-0.15, -0.1) is 0 Å². The fourth-order valence-corrected chi connectivity index (χ4v) is 2.69. The number of hydrogen-bond acceptors (Lipinski definition) is 3. The SMILES string of the molecule is CCNCc1c(C)nn(C)c1N(CC(C)C)C1CC1. The summed E-state index contributed by atoms with van der Waals surface area (Å²) >= 11 is 0. The Hall–Kier alpha value is -1.03. The van der Waals surface area contributed by atoms with Crippen LogP contribution >= 0.6 is 0 Å². The molecule has 0 unspecified atom stereocenters. The van der Waals surface area contributed by atoms with Gasteiger partial charge >= 0.3 is 0 Å². The summed E-state index contributed by atoms with van der Waals surface area (Å²) in [5, 5.41) is 8.08. The van der Waals surface area contributed by atoms with Crippen molar-refractivity contribution in [3.8, 4) is 0 Å². The number of hydrogen-bond donors (Lipinski definition) is 1. The van der Waals surface area contributed by atoms with Crippen LogP contribution in [0, 0.1) is 12.8 Å². The third-order valence-electron chi connectivity index (χ3n) is 3.69. The monoisotopic (exact) mass is 264 g/mol. The maximum absolute atomic E-state index is 4.64. The number of aryl methyl sites for hydroxylation is 2. The minimum atomic E-state index is 0.683. The molecule has 1 saturated carbocycles. The zero-order chi connectivity index (χ0) is 14.0. The zero-order valence-corrected chi connectivity index (χ0v) is 13.0. The van der Waals surface area contributed by atoms with Gasteiger partial charge in [0, 0.05) is 31.7 Å². The molecule has 19 heavy (non-hydrogen) atoms. The molecule has 1 N–H and O–H groups in total. The molecule has 4 nitrogen and oxygen atoms in total. The van der Waals surface area contributed by atoms with Crippen molar-refractivity contribution in [2.45, 2.75) is 53.1 Å². The smallest absolute Gasteiger partial charge is 0.131 e. The minimum Gasteiger partial charge on any atom is -0.353 e. The Labute approximate surface area is 117 Å². The van der Waals surface area contributed by atoms with Gasteiger partial charge in [0.1, 0.15) is 5.82 Å². The van der Waals surface area contributed by atoms with Crippen molar-refractivity contribution < 1.29 is 0 Å². The summed E-state index contributed by atoms with van der Waals surface area (Å²) in [6.07, 6.45) is 2.66. The lowest BCUT2D eigenvalue weighted by Gasteiger charge is -2.28. The molecule has 0 saturated heterocycles. The highest BCUT2D eigenvalue weighted by atomic mass is 15.4. The lowest BCUT2D eigenvalue weighted by molar-refractivity contribution is 0.584. The molecule has 1 aliphatic carbocycles. The molecular formula is C15H28N4. The lowest BCUT2D eigenvalue weighted by atomic mass is 10.1. The Balaban J connectivity index is 2.29. The lowest BCUT2D eigenvalue weighted by Crippen LogP contribution is -2.32. The Bertz CT molecular complexity index is 418. The quantitative estimate of drug-likeness (QED) is 0.821. The molecule has 0 atom stereocenters. The first kappa shape index (κ1) is 14.4. The van der Waals surface area contributed by atoms with Crippen molar-refractivity contribution in [1.82, 2.24) is 15.1 Å². The van der Waals surface area contributed by atoms with Crippen molar-refractivity contribution in [3.63, 3.8) is 0 Å². The van der Waals surface area contributed by atoms with E-state index in [-0.39, 0.29) is 0 Å². The highest BCUT2D eigenvalue weighted by Crippen LogP contribution is 2.35. The average Bonchev–Trinajstić information content (AvgIpc) is 3.11. The second-order valence-corrected chi connectivity index (χ2v) is 6.07. The standard InChI is InChI=1S/C15H28N4/c1-6-16-9-14-12(4)17-18(5)15(14)19(10-11(2)3)13-7-8-13/h11,13,16H,6-10H2,1-5H3. The van der Waals surface area contributed by atoms with Gasteiger partial charge in [-0.3, -0.25) is 4.68 Å². The van der Waals surface area contributed by atoms with Crippen LogP contribution in [-0.4, -0.2) is 28.9 Å². The normalized spacial score (nSPS) is 15.3. The molecule has 1 aliphatic rings. The molecule has 0 aromatic carbocycles. The van der Waals surface area contributed by atoms with Crippen molar-refractivity contribution in [1.29, 1.82) is 0 Å². The van der Waals surface area contributed by atoms with E-state index in [9.17, 15) is 0 Å². The van der Waals surface area contributed by atoms with Crippen LogP contribution in [0.5, 0.6) is 0 Å². The number of anilines is 1. The molecule has 1 aromatic heterocycles. The number of nitrogens with zero attached hydrogens (tertiary/aromatic N) is 3. The van der Waals surface area contributed by atoms with Gasteiger partial charge in [0.2, 0.25) is 0 Å². The molecule has 108 valence electrons. The van der Waals surface area contributed by atoms with Gasteiger partial charge in [-0.25, -0.2) is 0 Å². The van der Waals surface area contributed by atoms with Crippen LogP contribution in [0.2, 0.25) is 0 Å². The molecule has 1 aromatic rings. The van der Waals surface area contributed by atoms with E-state index in [1.807, 2.05) is 0 Å². The van der Waals surface area contributed by atoms with E-state index >= 15 is 0 Å². The van der Waals surface area contributed by atoms with Gasteiger partial charge < -0.3 is 10.2 Å². The van der Waals surface area contributed by atoms with Crippen molar-refractivity contribution >= 4 is 5.82 Å². The molecule has 0 bridgehead atoms. The minimum absolute atomic E-state index is 0.683. The maximum atomic E-state index is 4.64. The van der Waals surface area contributed by atoms with Gasteiger partial charge in [0.15, 0.2) is 0 Å². The maximum Gasteiger partial charge on any atom is 0.131 e. The van der Waals surface area contributed by atoms with Gasteiger partial charge in [-0.05, 0) is 32.2 Å². The van der Waals surface area contributed by atoms with Crippen LogP contribution in [0.15, 0.2) is 0 Å². The van der Waals surface area contributed by atoms with Gasteiger partial charge in [0.25, 0.3) is 0 Å². The Morgan fingerprint density at radius 3 is 2.63 bits per heavy atom. The van der Waals surface area contributed by atoms with Crippen LogP contribution in [0.25, 0.3) is 0 Å². The van der Waals surface area contributed by atoms with Gasteiger partial charge in [-0.2, -0.15) is 5.10 Å². The van der Waals surface area contributed by atoms with Crippen LogP contribution in [-0.2, 0) is 13.6 Å². The van der Waals surface area contributed by atoms with E-state index in [1.54, 1.807) is 0 Å². The van der Waals surface area contributed by atoms with Crippen LogP contribution < -0.4 is 10.2 Å². The fourth-order valence-electron chi connectivity index (χ4n) is 2.69. The average molecular weight is 264 g/mol. The topological polar surface area (TPSA) is 33.1 Å². The highest BCUT2D eigenvalue weighted by molar-refractivity contribution is 5.52. The Kier molecular flexibility index (Phi) is 4.50. The Morgan fingerprint density at radius 1 is 1.42 bits per heavy atom. The summed E-state index contributed by atoms with van der Waals surface area (Å²) in [5.74, 6) is 2.01. The van der Waals surface area contributed by atoms with Gasteiger partial charge in [-0.1, -0.05) is 20.8 Å². The first-order valence-corrected chi connectivity index (χ1v) is 7.54. The summed E-state index contributed by atoms with van der Waals surface area (Å²) in [6.45, 7) is 11.9. The predicted octanol–water partition coefficient (Wildman–Crippen LogP) is 2.46. The summed E-state index contributed by atoms with van der Waals surface area (Å²) in [6, 6.07) is 0.734. The number of aromatic nitrogens is 2. The third kappa shape index (κ3) is 3.30. The fraction of sp³-hybridized carbons (Fsp3) is 0.800. The predicted molar refractivity (Wildman–Crippen MR) is 80.5 cm³/mol. The summed E-state index contributed by atoms with van der Waals surface area (Å²) in [5.41, 5.74) is 2.53.